The summed E-state index contributed by atoms with van der Waals surface area (Å²) >= 11 is 1.87. The lowest BCUT2D eigenvalue weighted by Gasteiger charge is -2.41. The van der Waals surface area contributed by atoms with Gasteiger partial charge in [0.05, 0.1) is 6.04 Å². The van der Waals surface area contributed by atoms with E-state index in [1.165, 1.54) is 0 Å². The van der Waals surface area contributed by atoms with Gasteiger partial charge in [0.1, 0.15) is 12.4 Å². The molecule has 2 aliphatic heterocycles. The molecule has 0 bridgehead atoms. The third kappa shape index (κ3) is 2.08. The predicted octanol–water partition coefficient (Wildman–Crippen LogP) is 1.30. The SMILES string of the molecule is O=C1C2CSCCN2C=NN1C1CC=CCC1. The molecule has 3 aliphatic rings. The number of allylic oxidation sites excluding steroid dienone is 1. The molecule has 1 aliphatic carbocycles. The maximum atomic E-state index is 12.4. The molecule has 0 N–H and O–H groups in total. The third-order valence-corrected chi connectivity index (χ3v) is 4.62. The molecule has 0 spiro atoms. The highest BCUT2D eigenvalue weighted by Crippen LogP contribution is 2.25. The normalized spacial score (nSPS) is 32.8. The summed E-state index contributed by atoms with van der Waals surface area (Å²) in [7, 11) is 0. The van der Waals surface area contributed by atoms with Gasteiger partial charge in [-0.3, -0.25) is 4.79 Å². The number of hydrogen-bond acceptors (Lipinski definition) is 4. The second-order valence-corrected chi connectivity index (χ2v) is 5.83. The van der Waals surface area contributed by atoms with Crippen LogP contribution < -0.4 is 0 Å². The molecule has 1 fully saturated rings. The number of carbonyl (C=O) groups excluding carboxylic acids is 1. The molecule has 3 rings (SSSR count). The minimum atomic E-state index is 0.0251. The van der Waals surface area contributed by atoms with Crippen LogP contribution in [0.3, 0.4) is 0 Å². The van der Waals surface area contributed by atoms with Crippen molar-refractivity contribution in [3.8, 4) is 0 Å². The van der Waals surface area contributed by atoms with E-state index in [0.717, 1.165) is 37.3 Å². The second-order valence-electron chi connectivity index (χ2n) is 4.68. The van der Waals surface area contributed by atoms with E-state index < -0.39 is 0 Å². The van der Waals surface area contributed by atoms with Gasteiger partial charge >= 0.3 is 0 Å². The highest BCUT2D eigenvalue weighted by Gasteiger charge is 2.37. The molecular weight excluding hydrogens is 234 g/mol. The van der Waals surface area contributed by atoms with Crippen molar-refractivity contribution < 1.29 is 4.79 Å². The first-order chi connectivity index (χ1) is 8.36. The monoisotopic (exact) mass is 251 g/mol. The fourth-order valence-corrected chi connectivity index (χ4v) is 3.64. The lowest BCUT2D eigenvalue weighted by Crippen LogP contribution is -2.56. The maximum Gasteiger partial charge on any atom is 0.266 e. The van der Waals surface area contributed by atoms with E-state index >= 15 is 0 Å². The Morgan fingerprint density at radius 3 is 3.18 bits per heavy atom. The van der Waals surface area contributed by atoms with Gasteiger partial charge in [-0.1, -0.05) is 12.2 Å². The van der Waals surface area contributed by atoms with Crippen LogP contribution in [0.5, 0.6) is 0 Å². The molecule has 0 aromatic carbocycles. The summed E-state index contributed by atoms with van der Waals surface area (Å²) in [5.74, 6) is 2.20. The van der Waals surface area contributed by atoms with Gasteiger partial charge < -0.3 is 4.90 Å². The predicted molar refractivity (Wildman–Crippen MR) is 69.9 cm³/mol. The lowest BCUT2D eigenvalue weighted by molar-refractivity contribution is -0.139. The number of rotatable bonds is 1. The maximum absolute atomic E-state index is 12.4. The first kappa shape index (κ1) is 11.1. The molecule has 2 unspecified atom stereocenters. The van der Waals surface area contributed by atoms with E-state index in [2.05, 4.69) is 22.2 Å². The van der Waals surface area contributed by atoms with Crippen molar-refractivity contribution in [3.05, 3.63) is 12.2 Å². The third-order valence-electron chi connectivity index (χ3n) is 3.59. The zero-order valence-electron chi connectivity index (χ0n) is 9.79. The van der Waals surface area contributed by atoms with Crippen LogP contribution in [0, 0.1) is 0 Å². The average Bonchev–Trinajstić information content (AvgIpc) is 2.40. The second kappa shape index (κ2) is 4.72. The quantitative estimate of drug-likeness (QED) is 0.659. The minimum absolute atomic E-state index is 0.0251. The molecule has 17 heavy (non-hydrogen) atoms. The standard InChI is InChI=1S/C12H17N3OS/c16-12-11-8-17-7-6-14(11)9-13-15(12)10-4-2-1-3-5-10/h1-2,9-11H,3-8H2. The Bertz CT molecular complexity index is 369. The summed E-state index contributed by atoms with van der Waals surface area (Å²) in [6, 6.07) is 0.301. The van der Waals surface area contributed by atoms with Crippen molar-refractivity contribution >= 4 is 24.0 Å². The highest BCUT2D eigenvalue weighted by atomic mass is 32.2. The Labute approximate surface area is 106 Å². The zero-order chi connectivity index (χ0) is 11.7. The van der Waals surface area contributed by atoms with E-state index in [0.29, 0.717) is 0 Å². The average molecular weight is 251 g/mol. The molecule has 0 aromatic rings. The lowest BCUT2D eigenvalue weighted by atomic mass is 10.0. The molecule has 2 atom stereocenters. The molecule has 5 heteroatoms. The van der Waals surface area contributed by atoms with Crippen molar-refractivity contribution in [1.29, 1.82) is 0 Å². The van der Waals surface area contributed by atoms with Crippen molar-refractivity contribution in [2.24, 2.45) is 5.10 Å². The number of hydrazone groups is 1. The molecule has 0 saturated carbocycles. The van der Waals surface area contributed by atoms with Crippen LogP contribution in [0.4, 0.5) is 0 Å². The van der Waals surface area contributed by atoms with Gasteiger partial charge in [0.15, 0.2) is 0 Å². The van der Waals surface area contributed by atoms with E-state index in [-0.39, 0.29) is 18.0 Å². The van der Waals surface area contributed by atoms with Crippen LogP contribution in [-0.4, -0.2) is 52.3 Å². The van der Waals surface area contributed by atoms with Crippen LogP contribution in [0.2, 0.25) is 0 Å². The molecule has 4 nitrogen and oxygen atoms in total. The summed E-state index contributed by atoms with van der Waals surface area (Å²) in [6.45, 7) is 0.947. The van der Waals surface area contributed by atoms with Crippen LogP contribution >= 0.6 is 11.8 Å². The van der Waals surface area contributed by atoms with E-state index in [1.54, 1.807) is 5.01 Å². The number of carbonyl (C=O) groups is 1. The van der Waals surface area contributed by atoms with Gasteiger partial charge in [-0.05, 0) is 19.3 Å². The Hall–Kier alpha value is -0.970. The molecule has 2 heterocycles. The minimum Gasteiger partial charge on any atom is -0.347 e. The fraction of sp³-hybridized carbons (Fsp3) is 0.667. The van der Waals surface area contributed by atoms with Gasteiger partial charge in [0, 0.05) is 18.1 Å². The van der Waals surface area contributed by atoms with Crippen LogP contribution in [0.15, 0.2) is 17.3 Å². The van der Waals surface area contributed by atoms with E-state index in [1.807, 2.05) is 18.1 Å². The highest BCUT2D eigenvalue weighted by molar-refractivity contribution is 7.99. The molecule has 0 aromatic heterocycles. The number of nitrogens with zero attached hydrogens (tertiary/aromatic N) is 3. The van der Waals surface area contributed by atoms with Gasteiger partial charge in [-0.15, -0.1) is 0 Å². The van der Waals surface area contributed by atoms with E-state index in [4.69, 9.17) is 0 Å². The molecule has 92 valence electrons. The van der Waals surface area contributed by atoms with Gasteiger partial charge in [0.25, 0.3) is 5.91 Å². The summed E-state index contributed by atoms with van der Waals surface area (Å²) in [6.07, 6.45) is 9.27. The number of fused-ring (bicyclic) bond motifs is 1. The van der Waals surface area contributed by atoms with Crippen LogP contribution in [0.1, 0.15) is 19.3 Å². The Morgan fingerprint density at radius 2 is 2.35 bits per heavy atom. The number of hydrogen-bond donors (Lipinski definition) is 0. The summed E-state index contributed by atoms with van der Waals surface area (Å²) in [4.78, 5) is 14.5. The van der Waals surface area contributed by atoms with Gasteiger partial charge in [0.2, 0.25) is 0 Å². The number of amides is 1. The van der Waals surface area contributed by atoms with Crippen molar-refractivity contribution in [2.45, 2.75) is 31.3 Å². The largest absolute Gasteiger partial charge is 0.347 e. The first-order valence-corrected chi connectivity index (χ1v) is 7.37. The summed E-state index contributed by atoms with van der Waals surface area (Å²) < 4.78 is 0. The van der Waals surface area contributed by atoms with Gasteiger partial charge in [-0.2, -0.15) is 16.9 Å². The van der Waals surface area contributed by atoms with E-state index in [9.17, 15) is 4.79 Å². The first-order valence-electron chi connectivity index (χ1n) is 6.22. The van der Waals surface area contributed by atoms with Crippen molar-refractivity contribution in [2.75, 3.05) is 18.1 Å². The summed E-state index contributed by atoms with van der Waals surface area (Å²) in [5.41, 5.74) is 0. The van der Waals surface area contributed by atoms with Crippen LogP contribution in [-0.2, 0) is 4.79 Å². The van der Waals surface area contributed by atoms with Gasteiger partial charge in [-0.25, -0.2) is 5.01 Å². The molecular formula is C12H17N3OS. The molecule has 1 amide bonds. The molecule has 0 radical (unpaired) electrons. The Morgan fingerprint density at radius 1 is 1.41 bits per heavy atom. The Balaban J connectivity index is 1.77. The number of thioether (sulfide) groups is 1. The Kier molecular flexibility index (Phi) is 3.09. The zero-order valence-corrected chi connectivity index (χ0v) is 10.6. The smallest absolute Gasteiger partial charge is 0.266 e. The van der Waals surface area contributed by atoms with Crippen molar-refractivity contribution in [1.82, 2.24) is 9.91 Å². The van der Waals surface area contributed by atoms with Crippen molar-refractivity contribution in [3.63, 3.8) is 0 Å². The summed E-state index contributed by atoms with van der Waals surface area (Å²) in [5, 5.41) is 6.09. The van der Waals surface area contributed by atoms with Crippen LogP contribution in [0.25, 0.3) is 0 Å². The molecule has 1 saturated heterocycles. The fourth-order valence-electron chi connectivity index (χ4n) is 2.57. The topological polar surface area (TPSA) is 35.9 Å².